The topological polar surface area (TPSA) is 84.6 Å². The molecule has 0 spiro atoms. The van der Waals surface area contributed by atoms with Crippen molar-refractivity contribution in [2.45, 2.75) is 0 Å². The van der Waals surface area contributed by atoms with Crippen LogP contribution in [0.25, 0.3) is 0 Å². The molecule has 0 bridgehead atoms. The predicted octanol–water partition coefficient (Wildman–Crippen LogP) is 2.24. The van der Waals surface area contributed by atoms with Crippen LogP contribution < -0.4 is 15.8 Å². The fourth-order valence-electron chi connectivity index (χ4n) is 1.64. The molecule has 2 rings (SSSR count). The zero-order chi connectivity index (χ0) is 13.8. The SMILES string of the molecule is COc1ccc(NC(=O)c2ccccc2N)c(O)c1. The largest absolute Gasteiger partial charge is 0.506 e. The van der Waals surface area contributed by atoms with Crippen LogP contribution in [0.1, 0.15) is 10.4 Å². The summed E-state index contributed by atoms with van der Waals surface area (Å²) in [5.74, 6) is 0.0653. The molecule has 4 N–H and O–H groups in total. The highest BCUT2D eigenvalue weighted by molar-refractivity contribution is 6.08. The smallest absolute Gasteiger partial charge is 0.257 e. The molecular weight excluding hydrogens is 244 g/mol. The van der Waals surface area contributed by atoms with Gasteiger partial charge in [0.05, 0.1) is 18.4 Å². The predicted molar refractivity (Wildman–Crippen MR) is 73.5 cm³/mol. The van der Waals surface area contributed by atoms with Gasteiger partial charge in [0, 0.05) is 11.8 Å². The van der Waals surface area contributed by atoms with E-state index in [2.05, 4.69) is 5.32 Å². The molecule has 5 heteroatoms. The van der Waals surface area contributed by atoms with Crippen molar-refractivity contribution in [3.63, 3.8) is 0 Å². The third-order valence-corrected chi connectivity index (χ3v) is 2.66. The van der Waals surface area contributed by atoms with Crippen LogP contribution in [-0.2, 0) is 0 Å². The van der Waals surface area contributed by atoms with Gasteiger partial charge in [-0.2, -0.15) is 0 Å². The number of nitrogens with two attached hydrogens (primary N) is 1. The van der Waals surface area contributed by atoms with E-state index in [4.69, 9.17) is 10.5 Å². The van der Waals surface area contributed by atoms with Crippen LogP contribution in [0.5, 0.6) is 11.5 Å². The van der Waals surface area contributed by atoms with E-state index < -0.39 is 0 Å². The van der Waals surface area contributed by atoms with Gasteiger partial charge in [-0.15, -0.1) is 0 Å². The maximum atomic E-state index is 12.0. The van der Waals surface area contributed by atoms with E-state index in [1.807, 2.05) is 0 Å². The van der Waals surface area contributed by atoms with Gasteiger partial charge in [0.1, 0.15) is 11.5 Å². The minimum Gasteiger partial charge on any atom is -0.506 e. The number of phenols is 1. The molecule has 0 radical (unpaired) electrons. The zero-order valence-corrected chi connectivity index (χ0v) is 10.4. The van der Waals surface area contributed by atoms with E-state index in [0.717, 1.165) is 0 Å². The highest BCUT2D eigenvalue weighted by Crippen LogP contribution is 2.28. The van der Waals surface area contributed by atoms with Crippen molar-refractivity contribution in [3.05, 3.63) is 48.0 Å². The van der Waals surface area contributed by atoms with E-state index in [0.29, 0.717) is 22.7 Å². The number of nitrogens with one attached hydrogen (secondary N) is 1. The van der Waals surface area contributed by atoms with E-state index in [9.17, 15) is 9.90 Å². The van der Waals surface area contributed by atoms with Gasteiger partial charge in [0.15, 0.2) is 0 Å². The summed E-state index contributed by atoms with van der Waals surface area (Å²) in [6, 6.07) is 11.4. The van der Waals surface area contributed by atoms with Crippen molar-refractivity contribution in [1.29, 1.82) is 0 Å². The minimum absolute atomic E-state index is 0.0674. The minimum atomic E-state index is -0.376. The standard InChI is InChI=1S/C14H14N2O3/c1-19-9-6-7-12(13(17)8-9)16-14(18)10-4-2-3-5-11(10)15/h2-8,17H,15H2,1H3,(H,16,18). The number of phenolic OH excluding ortho intramolecular Hbond substituents is 1. The second-order valence-electron chi connectivity index (χ2n) is 3.92. The summed E-state index contributed by atoms with van der Waals surface area (Å²) in [6.45, 7) is 0. The first kappa shape index (κ1) is 12.8. The Kier molecular flexibility index (Phi) is 3.56. The number of amides is 1. The molecule has 0 aliphatic rings. The summed E-state index contributed by atoms with van der Waals surface area (Å²) in [7, 11) is 1.50. The molecule has 0 saturated heterocycles. The number of hydrogen-bond donors (Lipinski definition) is 3. The average molecular weight is 258 g/mol. The van der Waals surface area contributed by atoms with Crippen LogP contribution in [0.15, 0.2) is 42.5 Å². The van der Waals surface area contributed by atoms with Crippen molar-refractivity contribution in [3.8, 4) is 11.5 Å². The Morgan fingerprint density at radius 3 is 2.63 bits per heavy atom. The van der Waals surface area contributed by atoms with Crippen molar-refractivity contribution in [1.82, 2.24) is 0 Å². The lowest BCUT2D eigenvalue weighted by molar-refractivity contribution is 0.102. The number of ether oxygens (including phenoxy) is 1. The first-order valence-electron chi connectivity index (χ1n) is 5.64. The van der Waals surface area contributed by atoms with Gasteiger partial charge >= 0.3 is 0 Å². The van der Waals surface area contributed by atoms with Crippen LogP contribution in [0.3, 0.4) is 0 Å². The molecule has 0 aliphatic carbocycles. The third-order valence-electron chi connectivity index (χ3n) is 2.66. The molecule has 98 valence electrons. The van der Waals surface area contributed by atoms with Crippen molar-refractivity contribution >= 4 is 17.3 Å². The number of rotatable bonds is 3. The van der Waals surface area contributed by atoms with Crippen molar-refractivity contribution in [2.75, 3.05) is 18.2 Å². The number of nitrogen functional groups attached to an aromatic ring is 1. The molecule has 0 aromatic heterocycles. The average Bonchev–Trinajstić information content (AvgIpc) is 2.41. The fourth-order valence-corrected chi connectivity index (χ4v) is 1.64. The van der Waals surface area contributed by atoms with Crippen LogP contribution >= 0.6 is 0 Å². The number of anilines is 2. The number of para-hydroxylation sites is 1. The number of carbonyl (C=O) groups is 1. The molecule has 5 nitrogen and oxygen atoms in total. The van der Waals surface area contributed by atoms with Crippen molar-refractivity contribution < 1.29 is 14.6 Å². The zero-order valence-electron chi connectivity index (χ0n) is 10.4. The molecule has 0 atom stereocenters. The lowest BCUT2D eigenvalue weighted by Crippen LogP contribution is -2.13. The molecule has 0 fully saturated rings. The highest BCUT2D eigenvalue weighted by Gasteiger charge is 2.11. The van der Waals surface area contributed by atoms with E-state index in [-0.39, 0.29) is 11.7 Å². The summed E-state index contributed by atoms with van der Waals surface area (Å²) in [5, 5.41) is 12.4. The molecule has 0 saturated carbocycles. The lowest BCUT2D eigenvalue weighted by Gasteiger charge is -2.10. The van der Waals surface area contributed by atoms with Gasteiger partial charge in [0.25, 0.3) is 5.91 Å². The highest BCUT2D eigenvalue weighted by atomic mass is 16.5. The Morgan fingerprint density at radius 2 is 2.00 bits per heavy atom. The van der Waals surface area contributed by atoms with Gasteiger partial charge in [-0.05, 0) is 24.3 Å². The molecule has 0 heterocycles. The second-order valence-corrected chi connectivity index (χ2v) is 3.92. The maximum Gasteiger partial charge on any atom is 0.257 e. The van der Waals surface area contributed by atoms with Gasteiger partial charge in [-0.1, -0.05) is 12.1 Å². The van der Waals surface area contributed by atoms with Gasteiger partial charge < -0.3 is 20.9 Å². The summed E-state index contributed by atoms with van der Waals surface area (Å²) >= 11 is 0. The van der Waals surface area contributed by atoms with E-state index >= 15 is 0 Å². The second kappa shape index (κ2) is 5.30. The summed E-state index contributed by atoms with van der Waals surface area (Å²) in [5.41, 5.74) is 6.76. The number of aromatic hydroxyl groups is 1. The molecule has 2 aromatic rings. The molecule has 2 aromatic carbocycles. The van der Waals surface area contributed by atoms with Crippen LogP contribution in [0.4, 0.5) is 11.4 Å². The number of methoxy groups -OCH3 is 1. The number of carbonyl (C=O) groups excluding carboxylic acids is 1. The van der Waals surface area contributed by atoms with Crippen LogP contribution in [0.2, 0.25) is 0 Å². The van der Waals surface area contributed by atoms with E-state index in [1.54, 1.807) is 36.4 Å². The van der Waals surface area contributed by atoms with Crippen LogP contribution in [0, 0.1) is 0 Å². The van der Waals surface area contributed by atoms with E-state index in [1.165, 1.54) is 13.2 Å². The number of benzene rings is 2. The van der Waals surface area contributed by atoms with Gasteiger partial charge in [-0.3, -0.25) is 4.79 Å². The molecule has 0 aliphatic heterocycles. The fraction of sp³-hybridized carbons (Fsp3) is 0.0714. The Hall–Kier alpha value is -2.69. The van der Waals surface area contributed by atoms with Crippen molar-refractivity contribution in [2.24, 2.45) is 0 Å². The molecule has 1 amide bonds. The first-order valence-corrected chi connectivity index (χ1v) is 5.64. The lowest BCUT2D eigenvalue weighted by atomic mass is 10.1. The summed E-state index contributed by atoms with van der Waals surface area (Å²) in [6.07, 6.45) is 0. The Balaban J connectivity index is 2.22. The molecule has 19 heavy (non-hydrogen) atoms. The molecular formula is C14H14N2O3. The summed E-state index contributed by atoms with van der Waals surface area (Å²) < 4.78 is 4.97. The Morgan fingerprint density at radius 1 is 1.26 bits per heavy atom. The monoisotopic (exact) mass is 258 g/mol. The first-order chi connectivity index (χ1) is 9.11. The van der Waals surface area contributed by atoms with Gasteiger partial charge in [-0.25, -0.2) is 0 Å². The Bertz CT molecular complexity index is 611. The normalized spacial score (nSPS) is 9.95. The Labute approximate surface area is 110 Å². The number of hydrogen-bond acceptors (Lipinski definition) is 4. The van der Waals surface area contributed by atoms with Gasteiger partial charge in [0.2, 0.25) is 0 Å². The molecule has 0 unspecified atom stereocenters. The third kappa shape index (κ3) is 2.77. The summed E-state index contributed by atoms with van der Waals surface area (Å²) in [4.78, 5) is 12.0. The van der Waals surface area contributed by atoms with Crippen LogP contribution in [-0.4, -0.2) is 18.1 Å². The quantitative estimate of drug-likeness (QED) is 0.582. The maximum absolute atomic E-state index is 12.0.